The maximum atomic E-state index is 12.1. The number of hydrogen-bond acceptors (Lipinski definition) is 5. The molecule has 124 valence electrons. The van der Waals surface area contributed by atoms with Crippen LogP contribution in [0.25, 0.3) is 0 Å². The number of hydrogen-bond donors (Lipinski definition) is 1. The number of aromatic nitrogens is 1. The van der Waals surface area contributed by atoms with Crippen LogP contribution in [0.15, 0.2) is 36.5 Å². The highest BCUT2D eigenvalue weighted by Gasteiger charge is 2.27. The van der Waals surface area contributed by atoms with Gasteiger partial charge in [0.25, 0.3) is 5.91 Å². The summed E-state index contributed by atoms with van der Waals surface area (Å²) in [5, 5.41) is 3.57. The summed E-state index contributed by atoms with van der Waals surface area (Å²) in [7, 11) is 0. The van der Waals surface area contributed by atoms with Gasteiger partial charge in [-0.15, -0.1) is 0 Å². The molecule has 0 bridgehead atoms. The minimum absolute atomic E-state index is 0.00589. The summed E-state index contributed by atoms with van der Waals surface area (Å²) in [6.45, 7) is 0. The summed E-state index contributed by atoms with van der Waals surface area (Å²) in [4.78, 5) is 27.8. The molecule has 0 radical (unpaired) electrons. The number of carbonyl (C=O) groups is 2. The third kappa shape index (κ3) is 4.01. The summed E-state index contributed by atoms with van der Waals surface area (Å²) in [6.07, 6.45) is 2.04. The van der Waals surface area contributed by atoms with E-state index in [1.54, 1.807) is 30.3 Å². The van der Waals surface area contributed by atoms with Crippen molar-refractivity contribution in [3.05, 3.63) is 52.1 Å². The number of pyridine rings is 1. The molecule has 1 N–H and O–H groups in total. The molecule has 1 aliphatic rings. The van der Waals surface area contributed by atoms with Crippen molar-refractivity contribution in [2.45, 2.75) is 12.5 Å². The van der Waals surface area contributed by atoms with Crippen molar-refractivity contribution < 1.29 is 14.3 Å². The van der Waals surface area contributed by atoms with E-state index in [2.05, 4.69) is 10.3 Å². The van der Waals surface area contributed by atoms with E-state index in [1.807, 2.05) is 0 Å². The molecule has 1 amide bonds. The first-order chi connectivity index (χ1) is 11.5. The number of nitrogens with one attached hydrogen (secondary N) is 1. The zero-order valence-electron chi connectivity index (χ0n) is 12.3. The van der Waals surface area contributed by atoms with Crippen molar-refractivity contribution in [2.24, 2.45) is 0 Å². The van der Waals surface area contributed by atoms with E-state index in [0.717, 1.165) is 5.75 Å². The van der Waals surface area contributed by atoms with Crippen LogP contribution in [-0.4, -0.2) is 27.8 Å². The summed E-state index contributed by atoms with van der Waals surface area (Å²) in [5.74, 6) is 1.11. The van der Waals surface area contributed by atoms with E-state index in [4.69, 9.17) is 27.9 Å². The minimum atomic E-state index is -0.425. The average molecular weight is 383 g/mol. The fraction of sp³-hybridized carbons (Fsp3) is 0.188. The number of thioether (sulfide) groups is 1. The predicted octanol–water partition coefficient (Wildman–Crippen LogP) is 3.94. The summed E-state index contributed by atoms with van der Waals surface area (Å²) >= 11 is 13.1. The largest absolute Gasteiger partial charge is 0.437 e. The average Bonchev–Trinajstić information content (AvgIpc) is 2.96. The first kappa shape index (κ1) is 17.1. The zero-order valence-corrected chi connectivity index (χ0v) is 14.6. The molecule has 0 aliphatic carbocycles. The lowest BCUT2D eigenvalue weighted by molar-refractivity contribution is -0.112. The Hall–Kier alpha value is -1.76. The van der Waals surface area contributed by atoms with E-state index in [9.17, 15) is 9.59 Å². The van der Waals surface area contributed by atoms with Crippen molar-refractivity contribution in [3.63, 3.8) is 0 Å². The normalized spacial score (nSPS) is 16.9. The molecule has 2 heterocycles. The van der Waals surface area contributed by atoms with Gasteiger partial charge in [-0.2, -0.15) is 0 Å². The fourth-order valence-corrected chi connectivity index (χ4v) is 3.49. The molecule has 1 atom stereocenters. The number of ether oxygens (including phenoxy) is 1. The maximum absolute atomic E-state index is 12.1. The van der Waals surface area contributed by atoms with Gasteiger partial charge in [0.15, 0.2) is 0 Å². The monoisotopic (exact) mass is 382 g/mol. The second-order valence-corrected chi connectivity index (χ2v) is 6.99. The molecule has 1 aliphatic heterocycles. The van der Waals surface area contributed by atoms with Crippen molar-refractivity contribution in [1.82, 2.24) is 10.3 Å². The van der Waals surface area contributed by atoms with E-state index in [0.29, 0.717) is 33.7 Å². The van der Waals surface area contributed by atoms with Crippen LogP contribution in [0.1, 0.15) is 16.8 Å². The van der Waals surface area contributed by atoms with Crippen molar-refractivity contribution in [2.75, 3.05) is 5.75 Å². The second-order valence-electron chi connectivity index (χ2n) is 5.04. The molecule has 5 nitrogen and oxygen atoms in total. The van der Waals surface area contributed by atoms with E-state index in [1.165, 1.54) is 18.0 Å². The molecule has 24 heavy (non-hydrogen) atoms. The molecule has 1 aromatic heterocycles. The van der Waals surface area contributed by atoms with Crippen LogP contribution in [0.2, 0.25) is 10.0 Å². The lowest BCUT2D eigenvalue weighted by Gasteiger charge is -2.10. The van der Waals surface area contributed by atoms with Gasteiger partial charge in [0, 0.05) is 23.0 Å². The quantitative estimate of drug-likeness (QED) is 0.866. The SMILES string of the molecule is O=C(N[C@@H]1CCSC1=O)c1ccc(Oc2ccc(Cl)cc2Cl)nc1. The van der Waals surface area contributed by atoms with Crippen molar-refractivity contribution in [3.8, 4) is 11.6 Å². The van der Waals surface area contributed by atoms with Crippen LogP contribution in [0.5, 0.6) is 11.6 Å². The Balaban J connectivity index is 1.66. The third-order valence-electron chi connectivity index (χ3n) is 3.35. The molecule has 1 saturated heterocycles. The second kappa shape index (κ2) is 7.42. The number of rotatable bonds is 4. The van der Waals surface area contributed by atoms with Gasteiger partial charge in [0.05, 0.1) is 16.6 Å². The fourth-order valence-electron chi connectivity index (χ4n) is 2.11. The molecule has 3 rings (SSSR count). The predicted molar refractivity (Wildman–Crippen MR) is 94.1 cm³/mol. The van der Waals surface area contributed by atoms with Crippen LogP contribution in [0, 0.1) is 0 Å². The van der Waals surface area contributed by atoms with Crippen LogP contribution >= 0.6 is 35.0 Å². The highest BCUT2D eigenvalue weighted by molar-refractivity contribution is 8.14. The Bertz CT molecular complexity index is 783. The van der Waals surface area contributed by atoms with Crippen LogP contribution in [0.4, 0.5) is 0 Å². The van der Waals surface area contributed by atoms with E-state index in [-0.39, 0.29) is 11.0 Å². The maximum Gasteiger partial charge on any atom is 0.253 e. The Morgan fingerprint density at radius 1 is 1.29 bits per heavy atom. The molecular weight excluding hydrogens is 371 g/mol. The molecule has 2 aromatic rings. The number of benzene rings is 1. The van der Waals surface area contributed by atoms with Gasteiger partial charge in [0.2, 0.25) is 11.0 Å². The molecule has 8 heteroatoms. The first-order valence-corrected chi connectivity index (χ1v) is 8.83. The van der Waals surface area contributed by atoms with Gasteiger partial charge in [-0.3, -0.25) is 9.59 Å². The van der Waals surface area contributed by atoms with Crippen molar-refractivity contribution in [1.29, 1.82) is 0 Å². The molecule has 0 saturated carbocycles. The minimum Gasteiger partial charge on any atom is -0.437 e. The van der Waals surface area contributed by atoms with Gasteiger partial charge < -0.3 is 10.1 Å². The smallest absolute Gasteiger partial charge is 0.253 e. The Morgan fingerprint density at radius 2 is 2.12 bits per heavy atom. The summed E-state index contributed by atoms with van der Waals surface area (Å²) in [5.41, 5.74) is 0.356. The molecule has 0 spiro atoms. The lowest BCUT2D eigenvalue weighted by atomic mass is 10.2. The number of halogens is 2. The summed E-state index contributed by atoms with van der Waals surface area (Å²) in [6, 6.07) is 7.57. The Kier molecular flexibility index (Phi) is 5.28. The Labute approximate surface area is 152 Å². The molecule has 0 unspecified atom stereocenters. The van der Waals surface area contributed by atoms with E-state index < -0.39 is 6.04 Å². The topological polar surface area (TPSA) is 68.3 Å². The van der Waals surface area contributed by atoms with Gasteiger partial charge in [-0.05, 0) is 30.7 Å². The lowest BCUT2D eigenvalue weighted by Crippen LogP contribution is -2.37. The summed E-state index contributed by atoms with van der Waals surface area (Å²) < 4.78 is 5.56. The number of carbonyl (C=O) groups excluding carboxylic acids is 2. The molecule has 1 aromatic carbocycles. The van der Waals surface area contributed by atoms with Crippen LogP contribution in [0.3, 0.4) is 0 Å². The van der Waals surface area contributed by atoms with Crippen LogP contribution < -0.4 is 10.1 Å². The number of nitrogens with zero attached hydrogens (tertiary/aromatic N) is 1. The third-order valence-corrected chi connectivity index (χ3v) is 4.89. The van der Waals surface area contributed by atoms with Gasteiger partial charge >= 0.3 is 0 Å². The Morgan fingerprint density at radius 3 is 2.75 bits per heavy atom. The van der Waals surface area contributed by atoms with Crippen molar-refractivity contribution >= 4 is 46.0 Å². The standard InChI is InChI=1S/C16H12Cl2N2O3S/c17-10-2-3-13(11(18)7-10)23-14-4-1-9(8-19-14)15(21)20-12-5-6-24-16(12)22/h1-4,7-8,12H,5-6H2,(H,20,21)/t12-/m1/s1. The van der Waals surface area contributed by atoms with E-state index >= 15 is 0 Å². The van der Waals surface area contributed by atoms with Gasteiger partial charge in [-0.25, -0.2) is 4.98 Å². The van der Waals surface area contributed by atoms with Gasteiger partial charge in [0.1, 0.15) is 5.75 Å². The highest BCUT2D eigenvalue weighted by Crippen LogP contribution is 2.30. The van der Waals surface area contributed by atoms with Crippen LogP contribution in [-0.2, 0) is 4.79 Å². The number of amides is 1. The highest BCUT2D eigenvalue weighted by atomic mass is 35.5. The first-order valence-electron chi connectivity index (χ1n) is 7.09. The molecule has 1 fully saturated rings. The zero-order chi connectivity index (χ0) is 17.1. The van der Waals surface area contributed by atoms with Gasteiger partial charge in [-0.1, -0.05) is 35.0 Å². The molecular formula is C16H12Cl2N2O3S.